The lowest BCUT2D eigenvalue weighted by molar-refractivity contribution is -0.124. The molecule has 1 aromatic carbocycles. The van der Waals surface area contributed by atoms with Gasteiger partial charge in [0.15, 0.2) is 11.5 Å². The number of hydrogen-bond acceptors (Lipinski definition) is 4. The van der Waals surface area contributed by atoms with Crippen LogP contribution in [0.15, 0.2) is 23.8 Å². The predicted molar refractivity (Wildman–Crippen MR) is 76.4 cm³/mol. The van der Waals surface area contributed by atoms with Crippen LogP contribution in [0.25, 0.3) is 6.08 Å². The number of carbonyl (C=O) groups excluding carboxylic acids is 1. The fourth-order valence-corrected chi connectivity index (χ4v) is 1.60. The number of likely N-dealkylation sites (N-methyl/N-ethyl adjacent to an activating group) is 1. The monoisotopic (exact) mass is 274 g/mol. The minimum atomic E-state index is -0.333. The molecule has 106 valence electrons. The fraction of sp³-hybridized carbons (Fsp3) is 0.333. The average Bonchev–Trinajstić information content (AvgIpc) is 2.45. The number of ether oxygens (including phenoxy) is 2. The quantitative estimate of drug-likeness (QED) is 0.609. The van der Waals surface area contributed by atoms with Crippen molar-refractivity contribution in [1.29, 1.82) is 5.26 Å². The van der Waals surface area contributed by atoms with E-state index in [-0.39, 0.29) is 11.5 Å². The summed E-state index contributed by atoms with van der Waals surface area (Å²) in [4.78, 5) is 13.1. The molecule has 20 heavy (non-hydrogen) atoms. The third-order valence-corrected chi connectivity index (χ3v) is 2.56. The third-order valence-electron chi connectivity index (χ3n) is 2.56. The van der Waals surface area contributed by atoms with Crippen molar-refractivity contribution >= 4 is 12.0 Å². The van der Waals surface area contributed by atoms with Crippen LogP contribution >= 0.6 is 0 Å². The molecule has 0 aliphatic rings. The standard InChI is InChI=1S/C15H18N2O3/c1-5-20-13-7-6-11(9-14(13)19-4)8-12(10-16)15(18)17(2)3/h6-9H,5H2,1-4H3/b12-8-. The summed E-state index contributed by atoms with van der Waals surface area (Å²) in [7, 11) is 4.75. The van der Waals surface area contributed by atoms with Crippen LogP contribution in [-0.2, 0) is 4.79 Å². The van der Waals surface area contributed by atoms with Gasteiger partial charge in [0.05, 0.1) is 13.7 Å². The molecule has 0 aliphatic heterocycles. The van der Waals surface area contributed by atoms with Crippen LogP contribution in [0, 0.1) is 11.3 Å². The summed E-state index contributed by atoms with van der Waals surface area (Å²) in [6, 6.07) is 7.16. The van der Waals surface area contributed by atoms with E-state index in [0.29, 0.717) is 23.7 Å². The zero-order valence-electron chi connectivity index (χ0n) is 12.1. The van der Waals surface area contributed by atoms with Crippen LogP contribution in [0.4, 0.5) is 0 Å². The van der Waals surface area contributed by atoms with E-state index in [9.17, 15) is 4.79 Å². The molecule has 0 atom stereocenters. The Morgan fingerprint density at radius 1 is 1.40 bits per heavy atom. The highest BCUT2D eigenvalue weighted by Gasteiger charge is 2.12. The zero-order chi connectivity index (χ0) is 15.1. The summed E-state index contributed by atoms with van der Waals surface area (Å²) in [5.74, 6) is 0.861. The Hall–Kier alpha value is -2.48. The van der Waals surface area contributed by atoms with E-state index in [1.54, 1.807) is 39.4 Å². The maximum atomic E-state index is 11.8. The average molecular weight is 274 g/mol. The SMILES string of the molecule is CCOc1ccc(/C=C(/C#N)C(=O)N(C)C)cc1OC. The number of carbonyl (C=O) groups is 1. The second-order valence-electron chi connectivity index (χ2n) is 4.21. The molecule has 0 radical (unpaired) electrons. The van der Waals surface area contributed by atoms with Gasteiger partial charge < -0.3 is 14.4 Å². The van der Waals surface area contributed by atoms with Gasteiger partial charge in [-0.15, -0.1) is 0 Å². The maximum absolute atomic E-state index is 11.8. The van der Waals surface area contributed by atoms with Gasteiger partial charge in [0.1, 0.15) is 11.6 Å². The Labute approximate surface area is 119 Å². The molecule has 0 heterocycles. The van der Waals surface area contributed by atoms with Gasteiger partial charge in [-0.05, 0) is 30.7 Å². The summed E-state index contributed by atoms with van der Waals surface area (Å²) in [6.45, 7) is 2.42. The largest absolute Gasteiger partial charge is 0.493 e. The first-order chi connectivity index (χ1) is 9.53. The van der Waals surface area contributed by atoms with Crippen molar-refractivity contribution in [1.82, 2.24) is 4.90 Å². The maximum Gasteiger partial charge on any atom is 0.264 e. The van der Waals surface area contributed by atoms with E-state index < -0.39 is 0 Å². The zero-order valence-corrected chi connectivity index (χ0v) is 12.1. The fourth-order valence-electron chi connectivity index (χ4n) is 1.60. The van der Waals surface area contributed by atoms with Crippen LogP contribution in [-0.4, -0.2) is 38.6 Å². The Balaban J connectivity index is 3.14. The normalized spacial score (nSPS) is 10.7. The molecule has 0 bridgehead atoms. The molecule has 5 heteroatoms. The lowest BCUT2D eigenvalue weighted by atomic mass is 10.1. The van der Waals surface area contributed by atoms with Crippen LogP contribution in [0.2, 0.25) is 0 Å². The molecule has 0 saturated heterocycles. The highest BCUT2D eigenvalue weighted by molar-refractivity contribution is 6.01. The Morgan fingerprint density at radius 2 is 2.10 bits per heavy atom. The molecule has 0 N–H and O–H groups in total. The van der Waals surface area contributed by atoms with Crippen molar-refractivity contribution in [3.8, 4) is 17.6 Å². The highest BCUT2D eigenvalue weighted by atomic mass is 16.5. The third kappa shape index (κ3) is 3.75. The number of nitrogens with zero attached hydrogens (tertiary/aromatic N) is 2. The van der Waals surface area contributed by atoms with E-state index in [4.69, 9.17) is 14.7 Å². The molecular weight excluding hydrogens is 256 g/mol. The molecule has 0 saturated carbocycles. The van der Waals surface area contributed by atoms with Crippen LogP contribution in [0.1, 0.15) is 12.5 Å². The van der Waals surface area contributed by atoms with Crippen molar-refractivity contribution in [2.45, 2.75) is 6.92 Å². The van der Waals surface area contributed by atoms with Crippen molar-refractivity contribution in [2.75, 3.05) is 27.8 Å². The van der Waals surface area contributed by atoms with Crippen LogP contribution in [0.5, 0.6) is 11.5 Å². The second kappa shape index (κ2) is 7.19. The van der Waals surface area contributed by atoms with Crippen molar-refractivity contribution in [3.63, 3.8) is 0 Å². The minimum Gasteiger partial charge on any atom is -0.493 e. The first kappa shape index (κ1) is 15.6. The summed E-state index contributed by atoms with van der Waals surface area (Å²) in [5, 5.41) is 9.05. The number of benzene rings is 1. The van der Waals surface area contributed by atoms with Gasteiger partial charge in [0.2, 0.25) is 0 Å². The Kier molecular flexibility index (Phi) is 5.60. The van der Waals surface area contributed by atoms with Gasteiger partial charge in [-0.25, -0.2) is 0 Å². The lowest BCUT2D eigenvalue weighted by Gasteiger charge is -2.11. The van der Waals surface area contributed by atoms with E-state index in [2.05, 4.69) is 0 Å². The van der Waals surface area contributed by atoms with Gasteiger partial charge >= 0.3 is 0 Å². The van der Waals surface area contributed by atoms with Crippen LogP contribution < -0.4 is 9.47 Å². The second-order valence-corrected chi connectivity index (χ2v) is 4.21. The van der Waals surface area contributed by atoms with Crippen molar-refractivity contribution < 1.29 is 14.3 Å². The lowest BCUT2D eigenvalue weighted by Crippen LogP contribution is -2.22. The number of amides is 1. The van der Waals surface area contributed by atoms with Crippen molar-refractivity contribution in [3.05, 3.63) is 29.3 Å². The molecule has 0 fully saturated rings. The molecule has 5 nitrogen and oxygen atoms in total. The number of rotatable bonds is 5. The molecule has 1 rings (SSSR count). The first-order valence-corrected chi connectivity index (χ1v) is 6.17. The summed E-state index contributed by atoms with van der Waals surface area (Å²) >= 11 is 0. The van der Waals surface area contributed by atoms with Gasteiger partial charge in [-0.1, -0.05) is 6.07 Å². The van der Waals surface area contributed by atoms with Gasteiger partial charge in [-0.2, -0.15) is 5.26 Å². The highest BCUT2D eigenvalue weighted by Crippen LogP contribution is 2.28. The van der Waals surface area contributed by atoms with E-state index >= 15 is 0 Å². The first-order valence-electron chi connectivity index (χ1n) is 6.17. The summed E-state index contributed by atoms with van der Waals surface area (Å²) < 4.78 is 10.6. The molecule has 1 aromatic rings. The Morgan fingerprint density at radius 3 is 2.60 bits per heavy atom. The number of hydrogen-bond donors (Lipinski definition) is 0. The molecule has 0 spiro atoms. The molecule has 0 aliphatic carbocycles. The minimum absolute atomic E-state index is 0.0706. The smallest absolute Gasteiger partial charge is 0.264 e. The van der Waals surface area contributed by atoms with Gasteiger partial charge in [0.25, 0.3) is 5.91 Å². The number of nitriles is 1. The molecule has 1 amide bonds. The Bertz CT molecular complexity index is 557. The van der Waals surface area contributed by atoms with E-state index in [1.165, 1.54) is 11.0 Å². The van der Waals surface area contributed by atoms with E-state index in [1.807, 2.05) is 13.0 Å². The molecule has 0 unspecified atom stereocenters. The van der Waals surface area contributed by atoms with Gasteiger partial charge in [0, 0.05) is 14.1 Å². The topological polar surface area (TPSA) is 62.6 Å². The van der Waals surface area contributed by atoms with Crippen LogP contribution in [0.3, 0.4) is 0 Å². The summed E-state index contributed by atoms with van der Waals surface area (Å²) in [5.41, 5.74) is 0.776. The summed E-state index contributed by atoms with van der Waals surface area (Å²) in [6.07, 6.45) is 1.53. The van der Waals surface area contributed by atoms with Crippen molar-refractivity contribution in [2.24, 2.45) is 0 Å². The predicted octanol–water partition coefficient (Wildman–Crippen LogP) is 2.09. The number of methoxy groups -OCH3 is 1. The molecule has 0 aromatic heterocycles. The van der Waals surface area contributed by atoms with E-state index in [0.717, 1.165) is 0 Å². The van der Waals surface area contributed by atoms with Gasteiger partial charge in [-0.3, -0.25) is 4.79 Å². The molecular formula is C15H18N2O3.